The molecule has 0 spiro atoms. The van der Waals surface area contributed by atoms with Gasteiger partial charge in [-0.3, -0.25) is 0 Å². The molecule has 1 saturated carbocycles. The van der Waals surface area contributed by atoms with E-state index in [1.807, 2.05) is 0 Å². The molecule has 1 saturated heterocycles. The third-order valence-corrected chi connectivity index (χ3v) is 6.72. The summed E-state index contributed by atoms with van der Waals surface area (Å²) in [6, 6.07) is 5.15. The first-order valence-corrected chi connectivity index (χ1v) is 10.9. The van der Waals surface area contributed by atoms with Crippen molar-refractivity contribution in [2.45, 2.75) is 54.8 Å². The number of aliphatic hydroxyl groups excluding tert-OH is 6. The summed E-state index contributed by atoms with van der Waals surface area (Å²) in [5, 5.41) is 81.0. The lowest BCUT2D eigenvalue weighted by atomic mass is 9.83. The van der Waals surface area contributed by atoms with Gasteiger partial charge >= 0.3 is 5.97 Å². The van der Waals surface area contributed by atoms with Gasteiger partial charge in [0.25, 0.3) is 0 Å². The first kappa shape index (κ1) is 25.8. The third-order valence-electron chi connectivity index (χ3n) is 6.72. The largest absolute Gasteiger partial charge is 0.508 e. The highest BCUT2D eigenvalue weighted by atomic mass is 16.8. The first-order valence-electron chi connectivity index (χ1n) is 10.9. The minimum absolute atomic E-state index is 0.0659. The highest BCUT2D eigenvalue weighted by molar-refractivity contribution is 5.89. The zero-order valence-corrected chi connectivity index (χ0v) is 18.3. The first-order chi connectivity index (χ1) is 16.6. The molecule has 0 aromatic heterocycles. The van der Waals surface area contributed by atoms with Gasteiger partial charge in [0.05, 0.1) is 31.0 Å². The van der Waals surface area contributed by atoms with E-state index >= 15 is 0 Å². The number of benzene rings is 1. The van der Waals surface area contributed by atoms with Crippen LogP contribution in [0.15, 0.2) is 36.6 Å². The number of carbonyl (C=O) groups excluding carboxylic acids is 1. The Bertz CT molecular complexity index is 920. The summed E-state index contributed by atoms with van der Waals surface area (Å²) in [4.78, 5) is 12.6. The zero-order chi connectivity index (χ0) is 25.5. The van der Waals surface area contributed by atoms with Gasteiger partial charge in [-0.15, -0.1) is 0 Å². The molecule has 3 aliphatic rings. The fourth-order valence-corrected chi connectivity index (χ4v) is 4.73. The zero-order valence-electron chi connectivity index (χ0n) is 18.3. The molecule has 0 radical (unpaired) electrons. The predicted octanol–water partition coefficient (Wildman–Crippen LogP) is -3.07. The summed E-state index contributed by atoms with van der Waals surface area (Å²) >= 11 is 0. The Morgan fingerprint density at radius 2 is 1.69 bits per heavy atom. The quantitative estimate of drug-likeness (QED) is 0.182. The molecular formula is C22H28O13. The molecule has 35 heavy (non-hydrogen) atoms. The topological polar surface area (TPSA) is 216 Å². The Morgan fingerprint density at radius 1 is 1.00 bits per heavy atom. The van der Waals surface area contributed by atoms with Crippen molar-refractivity contribution in [3.63, 3.8) is 0 Å². The summed E-state index contributed by atoms with van der Waals surface area (Å²) in [6.45, 7) is -1.68. The number of fused-ring (bicyclic) bond motifs is 1. The van der Waals surface area contributed by atoms with Gasteiger partial charge in [0.2, 0.25) is 6.29 Å². The van der Waals surface area contributed by atoms with Gasteiger partial charge in [-0.1, -0.05) is 0 Å². The molecule has 194 valence electrons. The van der Waals surface area contributed by atoms with E-state index in [-0.39, 0.29) is 11.3 Å². The fourth-order valence-electron chi connectivity index (χ4n) is 4.73. The molecule has 0 amide bonds. The molecule has 2 heterocycles. The van der Waals surface area contributed by atoms with Crippen molar-refractivity contribution in [2.75, 3.05) is 13.2 Å². The summed E-state index contributed by atoms with van der Waals surface area (Å²) in [6.07, 6.45) is -10.0. The second kappa shape index (κ2) is 9.97. The maximum Gasteiger partial charge on any atom is 0.338 e. The van der Waals surface area contributed by atoms with Crippen molar-refractivity contribution in [1.82, 2.24) is 0 Å². The number of hydrogen-bond acceptors (Lipinski definition) is 13. The second-order valence-corrected chi connectivity index (χ2v) is 8.78. The Balaban J connectivity index is 1.57. The SMILES string of the molecule is O=C(O[C@@H]1[C@@H]2C=CO[C@H](O[C@@H]3O[C@@H](CO)[C@@H](O)[C@@H](O)[C@H]3O)[C@@H]2[C@](O)(CO)[C@@H]1O)c1ccc(O)cc1. The van der Waals surface area contributed by atoms with Crippen LogP contribution in [0.2, 0.25) is 0 Å². The molecule has 4 rings (SSSR count). The average molecular weight is 500 g/mol. The number of carbonyl (C=O) groups is 1. The molecule has 1 aromatic rings. The van der Waals surface area contributed by atoms with Crippen LogP contribution < -0.4 is 0 Å². The molecule has 2 aliphatic heterocycles. The number of phenolic OH excluding ortho intramolecular Hbond substituents is 1. The summed E-state index contributed by atoms with van der Waals surface area (Å²) in [5.74, 6) is -3.09. The van der Waals surface area contributed by atoms with Crippen LogP contribution in [-0.2, 0) is 18.9 Å². The number of rotatable bonds is 6. The van der Waals surface area contributed by atoms with Gasteiger partial charge < -0.3 is 59.8 Å². The minimum atomic E-state index is -2.28. The molecular weight excluding hydrogens is 472 g/mol. The lowest BCUT2D eigenvalue weighted by molar-refractivity contribution is -0.348. The lowest BCUT2D eigenvalue weighted by Gasteiger charge is -2.43. The van der Waals surface area contributed by atoms with Crippen molar-refractivity contribution >= 4 is 5.97 Å². The van der Waals surface area contributed by atoms with Crippen LogP contribution in [0.5, 0.6) is 5.75 Å². The molecule has 0 bridgehead atoms. The molecule has 11 atom stereocenters. The molecule has 13 nitrogen and oxygen atoms in total. The Kier molecular flexibility index (Phi) is 7.33. The van der Waals surface area contributed by atoms with Gasteiger partial charge in [0, 0.05) is 5.92 Å². The van der Waals surface area contributed by atoms with E-state index in [9.17, 15) is 45.6 Å². The van der Waals surface area contributed by atoms with Gasteiger partial charge in [-0.25, -0.2) is 4.79 Å². The molecule has 2 fully saturated rings. The fraction of sp³-hybridized carbons (Fsp3) is 0.591. The number of ether oxygens (including phenoxy) is 4. The van der Waals surface area contributed by atoms with Gasteiger partial charge in [-0.05, 0) is 30.3 Å². The molecule has 8 N–H and O–H groups in total. The van der Waals surface area contributed by atoms with Crippen molar-refractivity contribution in [3.05, 3.63) is 42.2 Å². The van der Waals surface area contributed by atoms with E-state index in [0.29, 0.717) is 0 Å². The average Bonchev–Trinajstić information content (AvgIpc) is 3.07. The van der Waals surface area contributed by atoms with E-state index in [0.717, 1.165) is 6.26 Å². The maximum atomic E-state index is 12.6. The number of esters is 1. The summed E-state index contributed by atoms with van der Waals surface area (Å²) < 4.78 is 21.8. The minimum Gasteiger partial charge on any atom is -0.508 e. The molecule has 0 unspecified atom stereocenters. The number of phenols is 1. The van der Waals surface area contributed by atoms with E-state index in [1.165, 1.54) is 30.3 Å². The van der Waals surface area contributed by atoms with Crippen LogP contribution >= 0.6 is 0 Å². The highest BCUT2D eigenvalue weighted by Crippen LogP contribution is 2.48. The van der Waals surface area contributed by atoms with Gasteiger partial charge in [-0.2, -0.15) is 0 Å². The van der Waals surface area contributed by atoms with Crippen LogP contribution in [-0.4, -0.2) is 115 Å². The molecule has 13 heteroatoms. The summed E-state index contributed by atoms with van der Waals surface area (Å²) in [7, 11) is 0. The van der Waals surface area contributed by atoms with Crippen LogP contribution in [0.4, 0.5) is 0 Å². The number of aromatic hydroxyl groups is 1. The van der Waals surface area contributed by atoms with Crippen LogP contribution in [0, 0.1) is 11.8 Å². The standard InChI is InChI=1S/C22H28O13/c23-7-12-14(26)15(27)16(28)21(33-12)35-20-13-11(5-6-32-20)17(18(29)22(13,31)8-24)34-19(30)9-1-3-10(25)4-2-9/h1-6,11-18,20-21,23-29,31H,7-8H2/t11-,12+,13-,14-,15-,16-,17-,18-,20-,21+,22-/m1/s1. The predicted molar refractivity (Wildman–Crippen MR) is 111 cm³/mol. The molecule has 1 aliphatic carbocycles. The summed E-state index contributed by atoms with van der Waals surface area (Å²) in [5.41, 5.74) is -2.22. The van der Waals surface area contributed by atoms with E-state index in [1.54, 1.807) is 0 Å². The van der Waals surface area contributed by atoms with Crippen molar-refractivity contribution < 1.29 is 64.6 Å². The van der Waals surface area contributed by atoms with Crippen LogP contribution in [0.25, 0.3) is 0 Å². The van der Waals surface area contributed by atoms with Gasteiger partial charge in [0.15, 0.2) is 6.29 Å². The van der Waals surface area contributed by atoms with Crippen LogP contribution in [0.1, 0.15) is 10.4 Å². The Morgan fingerprint density at radius 3 is 2.31 bits per heavy atom. The smallest absolute Gasteiger partial charge is 0.338 e. The highest BCUT2D eigenvalue weighted by Gasteiger charge is 2.65. The lowest BCUT2D eigenvalue weighted by Crippen LogP contribution is -2.61. The van der Waals surface area contributed by atoms with E-state index in [2.05, 4.69) is 0 Å². The number of hydrogen-bond donors (Lipinski definition) is 8. The van der Waals surface area contributed by atoms with Crippen LogP contribution in [0.3, 0.4) is 0 Å². The van der Waals surface area contributed by atoms with E-state index in [4.69, 9.17) is 18.9 Å². The van der Waals surface area contributed by atoms with E-state index < -0.39 is 85.8 Å². The monoisotopic (exact) mass is 500 g/mol. The second-order valence-electron chi connectivity index (χ2n) is 8.78. The third kappa shape index (κ3) is 4.50. The maximum absolute atomic E-state index is 12.6. The Hall–Kier alpha value is -2.33. The normalized spacial score (nSPS) is 42.8. The van der Waals surface area contributed by atoms with Crippen molar-refractivity contribution in [1.29, 1.82) is 0 Å². The van der Waals surface area contributed by atoms with Gasteiger partial charge in [0.1, 0.15) is 48.0 Å². The van der Waals surface area contributed by atoms with Crippen molar-refractivity contribution in [2.24, 2.45) is 11.8 Å². The van der Waals surface area contributed by atoms with Crippen molar-refractivity contribution in [3.8, 4) is 5.75 Å². The molecule has 1 aromatic carbocycles. The number of aliphatic hydroxyl groups is 7. The Labute approximate surface area is 199 Å².